The summed E-state index contributed by atoms with van der Waals surface area (Å²) in [4.78, 5) is 18.1. The molecule has 0 saturated carbocycles. The summed E-state index contributed by atoms with van der Waals surface area (Å²) < 4.78 is 20.8. The molecule has 0 bridgehead atoms. The highest BCUT2D eigenvalue weighted by molar-refractivity contribution is 8.13. The van der Waals surface area contributed by atoms with Crippen LogP contribution in [0.5, 0.6) is 5.19 Å². The summed E-state index contributed by atoms with van der Waals surface area (Å²) in [6, 6.07) is 0. The van der Waals surface area contributed by atoms with Crippen LogP contribution in [0.3, 0.4) is 0 Å². The number of amides is 1. The molecule has 0 spiro atoms. The van der Waals surface area contributed by atoms with Crippen molar-refractivity contribution in [3.63, 3.8) is 0 Å². The van der Waals surface area contributed by atoms with Crippen LogP contribution < -0.4 is 4.74 Å². The molecule has 0 N–H and O–H groups in total. The molecule has 1 amide bonds. The van der Waals surface area contributed by atoms with Crippen molar-refractivity contribution in [2.75, 3.05) is 19.7 Å². The Labute approximate surface area is 137 Å². The van der Waals surface area contributed by atoms with Crippen LogP contribution in [0.2, 0.25) is 0 Å². The van der Waals surface area contributed by atoms with E-state index >= 15 is 0 Å². The highest BCUT2D eigenvalue weighted by Crippen LogP contribution is 2.27. The van der Waals surface area contributed by atoms with Crippen LogP contribution in [0.4, 0.5) is 4.79 Å². The van der Waals surface area contributed by atoms with Gasteiger partial charge in [0, 0.05) is 36.4 Å². The molecule has 2 aliphatic heterocycles. The first-order valence-corrected chi connectivity index (χ1v) is 8.95. The maximum absolute atomic E-state index is 12.0. The zero-order chi connectivity index (χ0) is 15.5. The number of likely N-dealkylation sites (tertiary alicyclic amines) is 1. The highest BCUT2D eigenvalue weighted by atomic mass is 32.2. The Morgan fingerprint density at radius 2 is 2.27 bits per heavy atom. The summed E-state index contributed by atoms with van der Waals surface area (Å²) in [5, 5.41) is 0.907. The molecular weight excluding hydrogens is 326 g/mol. The van der Waals surface area contributed by atoms with Gasteiger partial charge in [-0.2, -0.15) is 9.36 Å². The Morgan fingerprint density at radius 3 is 2.95 bits per heavy atom. The van der Waals surface area contributed by atoms with E-state index in [0.717, 1.165) is 49.2 Å². The van der Waals surface area contributed by atoms with Crippen LogP contribution in [-0.4, -0.2) is 57.7 Å². The van der Waals surface area contributed by atoms with E-state index in [1.807, 2.05) is 18.7 Å². The third-order valence-corrected chi connectivity index (χ3v) is 5.12. The maximum atomic E-state index is 12.0. The van der Waals surface area contributed by atoms with E-state index in [9.17, 15) is 4.79 Å². The van der Waals surface area contributed by atoms with Crippen LogP contribution in [-0.2, 0) is 9.47 Å². The Morgan fingerprint density at radius 1 is 1.50 bits per heavy atom. The number of hydrogen-bond acceptors (Lipinski definition) is 8. The van der Waals surface area contributed by atoms with Gasteiger partial charge in [0.2, 0.25) is 5.16 Å². The van der Waals surface area contributed by atoms with Crippen molar-refractivity contribution in [1.29, 1.82) is 0 Å². The van der Waals surface area contributed by atoms with Gasteiger partial charge in [0.1, 0.15) is 12.2 Å². The van der Waals surface area contributed by atoms with Gasteiger partial charge in [-0.25, -0.2) is 0 Å². The Kier molecular flexibility index (Phi) is 5.17. The minimum Gasteiger partial charge on any atom is -0.463 e. The highest BCUT2D eigenvalue weighted by Gasteiger charge is 2.30. The van der Waals surface area contributed by atoms with Gasteiger partial charge in [-0.15, -0.1) is 0 Å². The predicted octanol–water partition coefficient (Wildman–Crippen LogP) is 2.37. The van der Waals surface area contributed by atoms with E-state index in [1.165, 1.54) is 0 Å². The lowest BCUT2D eigenvalue weighted by Gasteiger charge is -2.17. The molecule has 2 fully saturated rings. The predicted molar refractivity (Wildman–Crippen MR) is 82.3 cm³/mol. The topological polar surface area (TPSA) is 73.8 Å². The Bertz CT molecular complexity index is 521. The van der Waals surface area contributed by atoms with E-state index in [2.05, 4.69) is 9.36 Å². The zero-order valence-electron chi connectivity index (χ0n) is 12.6. The lowest BCUT2D eigenvalue weighted by molar-refractivity contribution is -0.0609. The average molecular weight is 345 g/mol. The van der Waals surface area contributed by atoms with Crippen molar-refractivity contribution in [2.45, 2.75) is 50.3 Å². The number of carbonyl (C=O) groups excluding carboxylic acids is 1. The number of rotatable bonds is 4. The fourth-order valence-corrected chi connectivity index (χ4v) is 3.80. The van der Waals surface area contributed by atoms with Gasteiger partial charge in [0.05, 0.1) is 6.61 Å². The van der Waals surface area contributed by atoms with Crippen molar-refractivity contribution >= 4 is 28.5 Å². The largest absolute Gasteiger partial charge is 0.463 e. The number of nitrogens with zero attached hydrogens (tertiary/aromatic N) is 3. The number of hydrogen-bond donors (Lipinski definition) is 0. The van der Waals surface area contributed by atoms with Gasteiger partial charge in [0.25, 0.3) is 10.4 Å². The Hall–Kier alpha value is -0.900. The lowest BCUT2D eigenvalue weighted by Crippen LogP contribution is -2.31. The lowest BCUT2D eigenvalue weighted by atomic mass is 10.2. The number of ether oxygens (including phenoxy) is 3. The fraction of sp³-hybridized carbons (Fsp3) is 0.769. The monoisotopic (exact) mass is 345 g/mol. The fourth-order valence-electron chi connectivity index (χ4n) is 2.36. The quantitative estimate of drug-likeness (QED) is 0.776. The van der Waals surface area contributed by atoms with Crippen LogP contribution >= 0.6 is 23.3 Å². The van der Waals surface area contributed by atoms with Crippen LogP contribution in [0.15, 0.2) is 5.16 Å². The molecule has 1 unspecified atom stereocenters. The van der Waals surface area contributed by atoms with Crippen molar-refractivity contribution in [2.24, 2.45) is 0 Å². The molecule has 1 aromatic heterocycles. The molecule has 0 radical (unpaired) electrons. The smallest absolute Gasteiger partial charge is 0.294 e. The number of aromatic nitrogens is 2. The molecule has 9 heteroatoms. The van der Waals surface area contributed by atoms with Gasteiger partial charge in [-0.05, 0) is 26.7 Å². The second kappa shape index (κ2) is 7.12. The first-order chi connectivity index (χ1) is 10.6. The average Bonchev–Trinajstić information content (AvgIpc) is 3.20. The summed E-state index contributed by atoms with van der Waals surface area (Å²) >= 11 is 2.21. The molecule has 3 rings (SSSR count). The van der Waals surface area contributed by atoms with E-state index in [4.69, 9.17) is 14.2 Å². The molecule has 122 valence electrons. The number of carbonyl (C=O) groups is 1. The molecule has 0 aromatic carbocycles. The molecule has 2 aliphatic rings. The van der Waals surface area contributed by atoms with E-state index < -0.39 is 0 Å². The Balaban J connectivity index is 1.51. The van der Waals surface area contributed by atoms with Gasteiger partial charge in [0.15, 0.2) is 6.29 Å². The van der Waals surface area contributed by atoms with Gasteiger partial charge >= 0.3 is 0 Å². The van der Waals surface area contributed by atoms with E-state index in [-0.39, 0.29) is 23.7 Å². The standard InChI is InChI=1S/C13H19N3O4S2/c1-8(10-7-18-9(2)20-10)19-12-14-11(15-22-12)21-13(17)16-5-3-4-6-16/h8-10H,3-7H2,1-2H3/t8-,9?,10+/m0/s1. The van der Waals surface area contributed by atoms with E-state index in [0.29, 0.717) is 17.0 Å². The van der Waals surface area contributed by atoms with Crippen molar-refractivity contribution < 1.29 is 19.0 Å². The van der Waals surface area contributed by atoms with Crippen LogP contribution in [0.1, 0.15) is 26.7 Å². The van der Waals surface area contributed by atoms with Crippen LogP contribution in [0, 0.1) is 0 Å². The van der Waals surface area contributed by atoms with Crippen LogP contribution in [0.25, 0.3) is 0 Å². The molecular formula is C13H19N3O4S2. The summed E-state index contributed by atoms with van der Waals surface area (Å²) in [6.45, 7) is 5.93. The van der Waals surface area contributed by atoms with Gasteiger partial charge in [-0.1, -0.05) is 0 Å². The zero-order valence-corrected chi connectivity index (χ0v) is 14.2. The van der Waals surface area contributed by atoms with Gasteiger partial charge in [-0.3, -0.25) is 4.79 Å². The summed E-state index contributed by atoms with van der Waals surface area (Å²) in [6.07, 6.45) is 1.66. The second-order valence-electron chi connectivity index (χ2n) is 5.30. The normalized spacial score (nSPS) is 26.4. The minimum absolute atomic E-state index is 0.0104. The molecule has 1 aromatic rings. The SMILES string of the molecule is CC1OC[C@H]([C@H](C)Oc2nc(SC(=O)N3CCCC3)ns2)O1. The molecule has 0 aliphatic carbocycles. The molecule has 2 saturated heterocycles. The van der Waals surface area contributed by atoms with E-state index in [1.54, 1.807) is 0 Å². The van der Waals surface area contributed by atoms with Crippen molar-refractivity contribution in [3.05, 3.63) is 0 Å². The molecule has 22 heavy (non-hydrogen) atoms. The number of thioether (sulfide) groups is 1. The minimum atomic E-state index is -0.199. The first-order valence-electron chi connectivity index (χ1n) is 7.36. The summed E-state index contributed by atoms with van der Waals surface area (Å²) in [5.41, 5.74) is 0. The second-order valence-corrected chi connectivity index (χ2v) is 6.94. The molecule has 3 heterocycles. The van der Waals surface area contributed by atoms with Gasteiger partial charge < -0.3 is 19.1 Å². The summed E-state index contributed by atoms with van der Waals surface area (Å²) in [5.74, 6) is 0. The molecule has 7 nitrogen and oxygen atoms in total. The van der Waals surface area contributed by atoms with Crippen molar-refractivity contribution in [1.82, 2.24) is 14.3 Å². The third-order valence-electron chi connectivity index (χ3n) is 3.60. The third kappa shape index (κ3) is 3.89. The maximum Gasteiger partial charge on any atom is 0.294 e. The molecule has 3 atom stereocenters. The first kappa shape index (κ1) is 16.0. The summed E-state index contributed by atoms with van der Waals surface area (Å²) in [7, 11) is 0. The van der Waals surface area contributed by atoms with Crippen molar-refractivity contribution in [3.8, 4) is 5.19 Å².